The van der Waals surface area contributed by atoms with Crippen LogP contribution in [0.3, 0.4) is 0 Å². The molecule has 0 bridgehead atoms. The van der Waals surface area contributed by atoms with E-state index < -0.39 is 0 Å². The Hall–Kier alpha value is -1.09. The Labute approximate surface area is 109 Å². The van der Waals surface area contributed by atoms with E-state index in [9.17, 15) is 4.39 Å². The van der Waals surface area contributed by atoms with Crippen LogP contribution in [0, 0.1) is 11.7 Å². The molecule has 1 aromatic carbocycles. The highest BCUT2D eigenvalue weighted by Crippen LogP contribution is 2.27. The highest BCUT2D eigenvalue weighted by Gasteiger charge is 2.18. The van der Waals surface area contributed by atoms with Crippen molar-refractivity contribution in [2.45, 2.75) is 32.7 Å². The summed E-state index contributed by atoms with van der Waals surface area (Å²) in [5.74, 6) is 0.690. The number of benzene rings is 1. The summed E-state index contributed by atoms with van der Waals surface area (Å²) in [7, 11) is 1.86. The monoisotopic (exact) mass is 250 g/mol. The summed E-state index contributed by atoms with van der Waals surface area (Å²) < 4.78 is 13.9. The van der Waals surface area contributed by atoms with Crippen molar-refractivity contribution in [3.63, 3.8) is 0 Å². The van der Waals surface area contributed by atoms with Crippen molar-refractivity contribution in [2.24, 2.45) is 5.92 Å². The van der Waals surface area contributed by atoms with Crippen molar-refractivity contribution in [1.29, 1.82) is 0 Å². The van der Waals surface area contributed by atoms with E-state index in [2.05, 4.69) is 17.1 Å². The zero-order valence-corrected chi connectivity index (χ0v) is 11.4. The smallest absolute Gasteiger partial charge is 0.129 e. The lowest BCUT2D eigenvalue weighted by Crippen LogP contribution is -2.26. The minimum atomic E-state index is -0.0980. The van der Waals surface area contributed by atoms with Crippen LogP contribution in [0.1, 0.15) is 31.7 Å². The molecule has 1 atom stereocenters. The quantitative estimate of drug-likeness (QED) is 0.886. The molecule has 3 heteroatoms. The Bertz CT molecular complexity index is 392. The predicted octanol–water partition coefficient (Wildman–Crippen LogP) is 3.17. The first kappa shape index (κ1) is 13.3. The van der Waals surface area contributed by atoms with Crippen molar-refractivity contribution >= 4 is 5.69 Å². The van der Waals surface area contributed by atoms with Crippen molar-refractivity contribution < 1.29 is 4.39 Å². The summed E-state index contributed by atoms with van der Waals surface area (Å²) in [6.45, 7) is 4.99. The number of hydrogen-bond donors (Lipinski definition) is 1. The molecule has 0 amide bonds. The number of hydrogen-bond acceptors (Lipinski definition) is 2. The standard InChI is InChI=1S/C15H23FN2/c1-12-5-4-9-18(10-8-12)15-7-3-6-14(16)13(15)11-17-2/h3,6-7,12,17H,4-5,8-11H2,1-2H3. The molecule has 1 aliphatic heterocycles. The van der Waals surface area contributed by atoms with Crippen molar-refractivity contribution in [3.8, 4) is 0 Å². The highest BCUT2D eigenvalue weighted by molar-refractivity contribution is 5.54. The third-order valence-corrected chi connectivity index (χ3v) is 3.81. The molecule has 2 nitrogen and oxygen atoms in total. The molecule has 18 heavy (non-hydrogen) atoms. The number of rotatable bonds is 3. The van der Waals surface area contributed by atoms with E-state index in [0.717, 1.165) is 30.3 Å². The third kappa shape index (κ3) is 3.02. The van der Waals surface area contributed by atoms with Crippen LogP contribution in [0.4, 0.5) is 10.1 Å². The minimum absolute atomic E-state index is 0.0980. The van der Waals surface area contributed by atoms with Crippen LogP contribution >= 0.6 is 0 Å². The lowest BCUT2D eigenvalue weighted by atomic mass is 10.0. The second-order valence-corrected chi connectivity index (χ2v) is 5.29. The first-order chi connectivity index (χ1) is 8.72. The molecule has 0 spiro atoms. The van der Waals surface area contributed by atoms with E-state index in [-0.39, 0.29) is 5.82 Å². The Morgan fingerprint density at radius 3 is 2.94 bits per heavy atom. The number of halogens is 1. The van der Waals surface area contributed by atoms with Crippen LogP contribution in [0.25, 0.3) is 0 Å². The number of nitrogens with zero attached hydrogens (tertiary/aromatic N) is 1. The van der Waals surface area contributed by atoms with Gasteiger partial charge in [-0.1, -0.05) is 13.0 Å². The van der Waals surface area contributed by atoms with Gasteiger partial charge in [0, 0.05) is 30.9 Å². The van der Waals surface area contributed by atoms with Crippen LogP contribution in [0.15, 0.2) is 18.2 Å². The van der Waals surface area contributed by atoms with E-state index in [1.54, 1.807) is 6.07 Å². The summed E-state index contributed by atoms with van der Waals surface area (Å²) in [5, 5.41) is 3.06. The van der Waals surface area contributed by atoms with Gasteiger partial charge in [-0.2, -0.15) is 0 Å². The van der Waals surface area contributed by atoms with Gasteiger partial charge < -0.3 is 10.2 Å². The SMILES string of the molecule is CNCc1c(F)cccc1N1CCCC(C)CC1. The molecule has 100 valence electrons. The fourth-order valence-electron chi connectivity index (χ4n) is 2.70. The molecular weight excluding hydrogens is 227 g/mol. The van der Waals surface area contributed by atoms with Crippen LogP contribution in [-0.4, -0.2) is 20.1 Å². The summed E-state index contributed by atoms with van der Waals surface area (Å²) >= 11 is 0. The van der Waals surface area contributed by atoms with Crippen LogP contribution in [-0.2, 0) is 6.54 Å². The molecule has 2 rings (SSSR count). The van der Waals surface area contributed by atoms with Crippen LogP contribution in [0.2, 0.25) is 0 Å². The van der Waals surface area contributed by atoms with Crippen LogP contribution < -0.4 is 10.2 Å². The topological polar surface area (TPSA) is 15.3 Å². The first-order valence-corrected chi connectivity index (χ1v) is 6.89. The van der Waals surface area contributed by atoms with Crippen molar-refractivity contribution in [3.05, 3.63) is 29.6 Å². The Morgan fingerprint density at radius 2 is 2.17 bits per heavy atom. The van der Waals surface area contributed by atoms with Gasteiger partial charge in [-0.15, -0.1) is 0 Å². The number of nitrogens with one attached hydrogen (secondary N) is 1. The molecular formula is C15H23FN2. The zero-order chi connectivity index (χ0) is 13.0. The van der Waals surface area contributed by atoms with Gasteiger partial charge in [-0.3, -0.25) is 0 Å². The largest absolute Gasteiger partial charge is 0.371 e. The maximum absolute atomic E-state index is 13.9. The van der Waals surface area contributed by atoms with E-state index in [0.29, 0.717) is 6.54 Å². The molecule has 1 heterocycles. The van der Waals surface area contributed by atoms with E-state index in [1.165, 1.54) is 19.3 Å². The van der Waals surface area contributed by atoms with Gasteiger partial charge in [0.15, 0.2) is 0 Å². The summed E-state index contributed by atoms with van der Waals surface area (Å²) in [4.78, 5) is 2.35. The second kappa shape index (κ2) is 6.19. The summed E-state index contributed by atoms with van der Waals surface area (Å²) in [6.07, 6.45) is 3.69. The first-order valence-electron chi connectivity index (χ1n) is 6.89. The van der Waals surface area contributed by atoms with E-state index in [4.69, 9.17) is 0 Å². The highest BCUT2D eigenvalue weighted by atomic mass is 19.1. The van der Waals surface area contributed by atoms with Gasteiger partial charge in [0.1, 0.15) is 5.82 Å². The summed E-state index contributed by atoms with van der Waals surface area (Å²) in [5.41, 5.74) is 1.87. The molecule has 1 aliphatic rings. The molecule has 1 saturated heterocycles. The lowest BCUT2D eigenvalue weighted by Gasteiger charge is -2.26. The summed E-state index contributed by atoms with van der Waals surface area (Å²) in [6, 6.07) is 5.42. The Morgan fingerprint density at radius 1 is 1.33 bits per heavy atom. The van der Waals surface area contributed by atoms with Gasteiger partial charge >= 0.3 is 0 Å². The molecule has 1 aromatic rings. The normalized spacial score (nSPS) is 20.8. The number of anilines is 1. The van der Waals surface area contributed by atoms with Gasteiger partial charge in [0.25, 0.3) is 0 Å². The second-order valence-electron chi connectivity index (χ2n) is 5.29. The lowest BCUT2D eigenvalue weighted by molar-refractivity contribution is 0.521. The van der Waals surface area contributed by atoms with Gasteiger partial charge in [-0.05, 0) is 44.4 Å². The molecule has 0 saturated carbocycles. The maximum atomic E-state index is 13.9. The van der Waals surface area contributed by atoms with Crippen LogP contribution in [0.5, 0.6) is 0 Å². The molecule has 0 aromatic heterocycles. The average Bonchev–Trinajstić information content (AvgIpc) is 2.57. The molecule has 1 N–H and O–H groups in total. The molecule has 1 unspecified atom stereocenters. The van der Waals surface area contributed by atoms with Gasteiger partial charge in [-0.25, -0.2) is 4.39 Å². The van der Waals surface area contributed by atoms with Crippen molar-refractivity contribution in [1.82, 2.24) is 5.32 Å². The van der Waals surface area contributed by atoms with Crippen molar-refractivity contribution in [2.75, 3.05) is 25.0 Å². The zero-order valence-electron chi connectivity index (χ0n) is 11.4. The fourth-order valence-corrected chi connectivity index (χ4v) is 2.70. The molecule has 0 radical (unpaired) electrons. The van der Waals surface area contributed by atoms with Gasteiger partial charge in [0.2, 0.25) is 0 Å². The fraction of sp³-hybridized carbons (Fsp3) is 0.600. The Balaban J connectivity index is 2.23. The predicted molar refractivity (Wildman–Crippen MR) is 74.4 cm³/mol. The van der Waals surface area contributed by atoms with E-state index >= 15 is 0 Å². The van der Waals surface area contributed by atoms with Gasteiger partial charge in [0.05, 0.1) is 0 Å². The van der Waals surface area contributed by atoms with E-state index in [1.807, 2.05) is 19.2 Å². The third-order valence-electron chi connectivity index (χ3n) is 3.81. The molecule has 0 aliphatic carbocycles. The Kier molecular flexibility index (Phi) is 4.59. The minimum Gasteiger partial charge on any atom is -0.371 e. The maximum Gasteiger partial charge on any atom is 0.129 e. The average molecular weight is 250 g/mol. The molecule has 1 fully saturated rings.